The summed E-state index contributed by atoms with van der Waals surface area (Å²) >= 11 is 0. The molecule has 3 aromatic rings. The first-order chi connectivity index (χ1) is 17.4. The van der Waals surface area contributed by atoms with Crippen molar-refractivity contribution in [2.45, 2.75) is 25.1 Å². The maximum Gasteiger partial charge on any atom is 0.413 e. The topological polar surface area (TPSA) is 92.7 Å². The summed E-state index contributed by atoms with van der Waals surface area (Å²) in [4.78, 5) is 24.1. The van der Waals surface area contributed by atoms with E-state index in [9.17, 15) is 26.4 Å². The second-order valence-electron chi connectivity index (χ2n) is 9.06. The number of hydrogen-bond donors (Lipinski definition) is 0. The van der Waals surface area contributed by atoms with Crippen LogP contribution in [0.25, 0.3) is 11.0 Å². The van der Waals surface area contributed by atoms with E-state index in [2.05, 4.69) is 9.97 Å². The number of sulfone groups is 1. The van der Waals surface area contributed by atoms with Crippen molar-refractivity contribution in [3.63, 3.8) is 0 Å². The molecule has 1 aliphatic heterocycles. The lowest BCUT2D eigenvalue weighted by Crippen LogP contribution is -2.44. The number of ether oxygens (including phenoxy) is 1. The van der Waals surface area contributed by atoms with Crippen LogP contribution in [-0.4, -0.2) is 68.1 Å². The lowest BCUT2D eigenvalue weighted by Gasteiger charge is -2.34. The highest BCUT2D eigenvalue weighted by Gasteiger charge is 2.46. The first-order valence-electron chi connectivity index (χ1n) is 11.6. The smallest absolute Gasteiger partial charge is 0.413 e. The summed E-state index contributed by atoms with van der Waals surface area (Å²) in [6, 6.07) is 8.90. The average molecular weight is 537 g/mol. The molecule has 8 nitrogen and oxygen atoms in total. The maximum atomic E-state index is 14.1. The summed E-state index contributed by atoms with van der Waals surface area (Å²) in [6.45, 7) is 0. The summed E-state index contributed by atoms with van der Waals surface area (Å²) in [5.41, 5.74) is 2.47. The van der Waals surface area contributed by atoms with E-state index in [1.54, 1.807) is 48.5 Å². The van der Waals surface area contributed by atoms with Gasteiger partial charge in [0.05, 0.1) is 41.5 Å². The van der Waals surface area contributed by atoms with Crippen LogP contribution in [0.1, 0.15) is 24.4 Å². The largest absolute Gasteiger partial charge is 0.481 e. The number of fused-ring (bicyclic) bond motifs is 1. The van der Waals surface area contributed by atoms with Gasteiger partial charge in [0.25, 0.3) is 0 Å². The van der Waals surface area contributed by atoms with Crippen molar-refractivity contribution in [2.75, 3.05) is 37.6 Å². The molecule has 0 bridgehead atoms. The van der Waals surface area contributed by atoms with Crippen LogP contribution in [0.15, 0.2) is 48.7 Å². The zero-order chi connectivity index (χ0) is 27.0. The zero-order valence-electron chi connectivity index (χ0n) is 20.6. The summed E-state index contributed by atoms with van der Waals surface area (Å²) in [5, 5.41) is 0. The van der Waals surface area contributed by atoms with Gasteiger partial charge in [-0.3, -0.25) is 9.78 Å². The lowest BCUT2D eigenvalue weighted by molar-refractivity contribution is -0.190. The molecule has 0 aliphatic carbocycles. The van der Waals surface area contributed by atoms with Crippen LogP contribution in [0.4, 0.5) is 24.5 Å². The van der Waals surface area contributed by atoms with Crippen molar-refractivity contribution in [3.05, 3.63) is 54.2 Å². The van der Waals surface area contributed by atoms with Crippen LogP contribution in [-0.2, 0) is 14.6 Å². The molecule has 198 valence electrons. The van der Waals surface area contributed by atoms with Crippen molar-refractivity contribution in [1.82, 2.24) is 14.9 Å². The lowest BCUT2D eigenvalue weighted by atomic mass is 9.98. The van der Waals surface area contributed by atoms with E-state index in [-0.39, 0.29) is 29.9 Å². The number of alkyl halides is 3. The van der Waals surface area contributed by atoms with Crippen molar-refractivity contribution in [2.24, 2.45) is 5.92 Å². The Hall–Kier alpha value is -3.41. The van der Waals surface area contributed by atoms with Crippen LogP contribution in [0.5, 0.6) is 5.88 Å². The molecule has 12 heteroatoms. The molecule has 0 saturated carbocycles. The molecule has 1 aliphatic rings. The number of nitrogens with zero attached hydrogens (tertiary/aromatic N) is 4. The van der Waals surface area contributed by atoms with Crippen LogP contribution >= 0.6 is 0 Å². The Bertz CT molecular complexity index is 1380. The molecule has 0 radical (unpaired) electrons. The Morgan fingerprint density at radius 2 is 1.68 bits per heavy atom. The Morgan fingerprint density at radius 1 is 1.03 bits per heavy atom. The van der Waals surface area contributed by atoms with Gasteiger partial charge in [0, 0.05) is 31.8 Å². The number of halogens is 3. The number of pyridine rings is 2. The molecule has 2 aromatic heterocycles. The fourth-order valence-electron chi connectivity index (χ4n) is 4.49. The standard InChI is InChI=1S/C25H27F3N4O4S/c1-31(19-14-21-20(29-15-19)8-9-22(30-21)36-3)18-6-4-16(5-7-18)23(25(26,27)28)32(2)24(33)17-10-12-37(34,35)13-11-17/h4-9,14-15,17,23H,10-13H2,1-3H3/t23-/m0/s1. The number of carbonyl (C=O) groups is 1. The highest BCUT2D eigenvalue weighted by molar-refractivity contribution is 7.91. The Labute approximate surface area is 213 Å². The molecule has 1 atom stereocenters. The van der Waals surface area contributed by atoms with Crippen molar-refractivity contribution in [1.29, 1.82) is 0 Å². The Kier molecular flexibility index (Phi) is 7.31. The average Bonchev–Trinajstić information content (AvgIpc) is 2.86. The molecule has 1 amide bonds. The number of amides is 1. The number of carbonyl (C=O) groups excluding carboxylic acids is 1. The van der Waals surface area contributed by atoms with Crippen LogP contribution in [0.2, 0.25) is 0 Å². The normalized spacial score (nSPS) is 16.8. The molecular formula is C25H27F3N4O4S. The van der Waals surface area contributed by atoms with Gasteiger partial charge in [-0.1, -0.05) is 12.1 Å². The SMILES string of the molecule is COc1ccc2ncc(N(C)c3ccc([C@H](N(C)C(=O)C4CCS(=O)(=O)CC4)C(F)(F)F)cc3)cc2n1. The van der Waals surface area contributed by atoms with Gasteiger partial charge in [-0.2, -0.15) is 13.2 Å². The molecular weight excluding hydrogens is 509 g/mol. The molecule has 4 rings (SSSR count). The second-order valence-corrected chi connectivity index (χ2v) is 11.4. The minimum absolute atomic E-state index is 0.0281. The summed E-state index contributed by atoms with van der Waals surface area (Å²) in [7, 11) is 1.14. The third kappa shape index (κ3) is 5.79. The first-order valence-corrected chi connectivity index (χ1v) is 13.4. The molecule has 1 saturated heterocycles. The highest BCUT2D eigenvalue weighted by Crippen LogP contribution is 2.39. The zero-order valence-corrected chi connectivity index (χ0v) is 21.4. The molecule has 3 heterocycles. The van der Waals surface area contributed by atoms with Gasteiger partial charge >= 0.3 is 6.18 Å². The Balaban J connectivity index is 1.56. The summed E-state index contributed by atoms with van der Waals surface area (Å²) < 4.78 is 70.8. The van der Waals surface area contributed by atoms with Gasteiger partial charge in [0.15, 0.2) is 6.04 Å². The van der Waals surface area contributed by atoms with E-state index in [0.717, 1.165) is 7.05 Å². The predicted molar refractivity (Wildman–Crippen MR) is 134 cm³/mol. The van der Waals surface area contributed by atoms with E-state index < -0.39 is 33.9 Å². The van der Waals surface area contributed by atoms with Crippen molar-refractivity contribution in [3.8, 4) is 5.88 Å². The van der Waals surface area contributed by atoms with E-state index >= 15 is 0 Å². The van der Waals surface area contributed by atoms with Crippen LogP contribution in [0.3, 0.4) is 0 Å². The third-order valence-corrected chi connectivity index (χ3v) is 8.35. The minimum Gasteiger partial charge on any atom is -0.481 e. The molecule has 0 unspecified atom stereocenters. The number of methoxy groups -OCH3 is 1. The minimum atomic E-state index is -4.72. The fourth-order valence-corrected chi connectivity index (χ4v) is 5.98. The molecule has 1 aromatic carbocycles. The fraction of sp³-hybridized carbons (Fsp3) is 0.400. The van der Waals surface area contributed by atoms with E-state index in [4.69, 9.17) is 4.74 Å². The van der Waals surface area contributed by atoms with Gasteiger partial charge < -0.3 is 14.5 Å². The van der Waals surface area contributed by atoms with Crippen LogP contribution < -0.4 is 9.64 Å². The number of hydrogen-bond acceptors (Lipinski definition) is 7. The second kappa shape index (κ2) is 10.2. The quantitative estimate of drug-likeness (QED) is 0.464. The van der Waals surface area contributed by atoms with Gasteiger partial charge in [-0.05, 0) is 42.7 Å². The van der Waals surface area contributed by atoms with E-state index in [1.165, 1.54) is 19.2 Å². The predicted octanol–water partition coefficient (Wildman–Crippen LogP) is 4.29. The maximum absolute atomic E-state index is 14.1. The molecule has 0 spiro atoms. The molecule has 1 fully saturated rings. The number of anilines is 2. The summed E-state index contributed by atoms with van der Waals surface area (Å²) in [5.74, 6) is -1.41. The van der Waals surface area contributed by atoms with Gasteiger partial charge in [-0.25, -0.2) is 13.4 Å². The number of benzene rings is 1. The molecule has 0 N–H and O–H groups in total. The Morgan fingerprint density at radius 3 is 2.27 bits per heavy atom. The van der Waals surface area contributed by atoms with Crippen molar-refractivity contribution >= 4 is 38.2 Å². The third-order valence-electron chi connectivity index (χ3n) is 6.64. The summed E-state index contributed by atoms with van der Waals surface area (Å²) in [6.07, 6.45) is -3.02. The van der Waals surface area contributed by atoms with Gasteiger partial charge in [0.1, 0.15) is 9.84 Å². The number of aromatic nitrogens is 2. The highest BCUT2D eigenvalue weighted by atomic mass is 32.2. The van der Waals surface area contributed by atoms with Crippen LogP contribution in [0, 0.1) is 5.92 Å². The van der Waals surface area contributed by atoms with Gasteiger partial charge in [-0.15, -0.1) is 0 Å². The van der Waals surface area contributed by atoms with Crippen molar-refractivity contribution < 1.29 is 31.1 Å². The monoisotopic (exact) mass is 536 g/mol. The molecule has 37 heavy (non-hydrogen) atoms. The number of rotatable bonds is 6. The van der Waals surface area contributed by atoms with Gasteiger partial charge in [0.2, 0.25) is 11.8 Å². The first kappa shape index (κ1) is 26.6. The van der Waals surface area contributed by atoms with E-state index in [1.807, 2.05) is 0 Å². The van der Waals surface area contributed by atoms with E-state index in [0.29, 0.717) is 33.2 Å².